The standard InChI is InChI=1S/C16H23FN2O2S/c1-12(13-3-5-14(17)6-4-13)19-15(20)18-11-16(22-2)7-9-21-10-8-16/h3-6,12H,7-11H2,1-2H3,(H2,18,19,20)/t12-/m1/s1. The summed E-state index contributed by atoms with van der Waals surface area (Å²) >= 11 is 1.79. The number of halogens is 1. The molecule has 1 aromatic carbocycles. The Balaban J connectivity index is 1.83. The molecule has 1 saturated heterocycles. The maximum absolute atomic E-state index is 12.9. The Labute approximate surface area is 135 Å². The topological polar surface area (TPSA) is 50.4 Å². The molecule has 6 heteroatoms. The Morgan fingerprint density at radius 3 is 2.59 bits per heavy atom. The molecule has 0 aromatic heterocycles. The van der Waals surface area contributed by atoms with Gasteiger partial charge in [0, 0.05) is 24.5 Å². The molecule has 4 nitrogen and oxygen atoms in total. The van der Waals surface area contributed by atoms with Crippen LogP contribution in [-0.2, 0) is 4.74 Å². The number of rotatable bonds is 5. The highest BCUT2D eigenvalue weighted by Gasteiger charge is 2.32. The first-order chi connectivity index (χ1) is 10.5. The predicted molar refractivity (Wildman–Crippen MR) is 87.6 cm³/mol. The van der Waals surface area contributed by atoms with Gasteiger partial charge in [-0.05, 0) is 43.7 Å². The molecule has 122 valence electrons. The van der Waals surface area contributed by atoms with Crippen LogP contribution in [0, 0.1) is 5.82 Å². The fourth-order valence-electron chi connectivity index (χ4n) is 2.52. The second-order valence-corrected chi connectivity index (χ2v) is 6.87. The fourth-order valence-corrected chi connectivity index (χ4v) is 3.31. The first-order valence-corrected chi connectivity index (χ1v) is 8.70. The molecule has 0 spiro atoms. The van der Waals surface area contributed by atoms with Gasteiger partial charge in [-0.25, -0.2) is 9.18 Å². The van der Waals surface area contributed by atoms with Crippen LogP contribution in [0.3, 0.4) is 0 Å². The number of nitrogens with one attached hydrogen (secondary N) is 2. The van der Waals surface area contributed by atoms with E-state index in [1.807, 2.05) is 6.92 Å². The van der Waals surface area contributed by atoms with Crippen LogP contribution < -0.4 is 10.6 Å². The van der Waals surface area contributed by atoms with Crippen LogP contribution in [0.2, 0.25) is 0 Å². The average Bonchev–Trinajstić information content (AvgIpc) is 2.54. The average molecular weight is 326 g/mol. The molecule has 0 unspecified atom stereocenters. The van der Waals surface area contributed by atoms with E-state index in [1.165, 1.54) is 12.1 Å². The van der Waals surface area contributed by atoms with Gasteiger partial charge < -0.3 is 15.4 Å². The van der Waals surface area contributed by atoms with E-state index < -0.39 is 0 Å². The number of ether oxygens (including phenoxy) is 1. The van der Waals surface area contributed by atoms with Gasteiger partial charge in [-0.15, -0.1) is 0 Å². The zero-order valence-electron chi connectivity index (χ0n) is 13.0. The molecule has 1 aliphatic rings. The molecule has 1 aromatic rings. The van der Waals surface area contributed by atoms with Gasteiger partial charge in [0.1, 0.15) is 5.82 Å². The maximum atomic E-state index is 12.9. The van der Waals surface area contributed by atoms with Crippen molar-refractivity contribution in [3.63, 3.8) is 0 Å². The highest BCUT2D eigenvalue weighted by atomic mass is 32.2. The van der Waals surface area contributed by atoms with Gasteiger partial charge in [0.15, 0.2) is 0 Å². The van der Waals surface area contributed by atoms with Crippen molar-refractivity contribution >= 4 is 17.8 Å². The Morgan fingerprint density at radius 2 is 2.00 bits per heavy atom. The first-order valence-electron chi connectivity index (χ1n) is 7.47. The summed E-state index contributed by atoms with van der Waals surface area (Å²) in [5.41, 5.74) is 0.877. The third kappa shape index (κ3) is 4.61. The van der Waals surface area contributed by atoms with Crippen molar-refractivity contribution in [2.75, 3.05) is 26.0 Å². The molecule has 1 atom stereocenters. The van der Waals surface area contributed by atoms with Crippen LogP contribution in [0.15, 0.2) is 24.3 Å². The molecular weight excluding hydrogens is 303 g/mol. The van der Waals surface area contributed by atoms with Crippen molar-refractivity contribution in [3.05, 3.63) is 35.6 Å². The number of thioether (sulfide) groups is 1. The number of hydrogen-bond donors (Lipinski definition) is 2. The predicted octanol–water partition coefficient (Wildman–Crippen LogP) is 3.10. The van der Waals surface area contributed by atoms with Gasteiger partial charge in [-0.1, -0.05) is 12.1 Å². The molecule has 2 N–H and O–H groups in total. The molecule has 0 aliphatic carbocycles. The van der Waals surface area contributed by atoms with Crippen LogP contribution in [0.1, 0.15) is 31.4 Å². The minimum atomic E-state index is -0.276. The Kier molecular flexibility index (Phi) is 6.08. The van der Waals surface area contributed by atoms with Crippen molar-refractivity contribution in [2.24, 2.45) is 0 Å². The summed E-state index contributed by atoms with van der Waals surface area (Å²) in [6, 6.07) is 5.80. The summed E-state index contributed by atoms with van der Waals surface area (Å²) in [7, 11) is 0. The SMILES string of the molecule is CSC1(CNC(=O)N[C@H](C)c2ccc(F)cc2)CCOCC1. The number of carbonyl (C=O) groups excluding carboxylic acids is 1. The normalized spacial score (nSPS) is 18.5. The summed E-state index contributed by atoms with van der Waals surface area (Å²) in [6.45, 7) is 4.00. The molecule has 0 radical (unpaired) electrons. The molecule has 2 rings (SSSR count). The van der Waals surface area contributed by atoms with Crippen molar-refractivity contribution in [3.8, 4) is 0 Å². The third-order valence-electron chi connectivity index (χ3n) is 4.13. The fraction of sp³-hybridized carbons (Fsp3) is 0.562. The van der Waals surface area contributed by atoms with Gasteiger partial charge in [0.25, 0.3) is 0 Å². The summed E-state index contributed by atoms with van der Waals surface area (Å²) < 4.78 is 18.4. The Hall–Kier alpha value is -1.27. The molecule has 2 amide bonds. The third-order valence-corrected chi connectivity index (χ3v) is 5.54. The largest absolute Gasteiger partial charge is 0.381 e. The van der Waals surface area contributed by atoms with Crippen LogP contribution in [-0.4, -0.2) is 36.8 Å². The monoisotopic (exact) mass is 326 g/mol. The zero-order chi connectivity index (χ0) is 16.0. The van der Waals surface area contributed by atoms with Crippen LogP contribution >= 0.6 is 11.8 Å². The van der Waals surface area contributed by atoms with E-state index in [-0.39, 0.29) is 22.6 Å². The quantitative estimate of drug-likeness (QED) is 0.874. The lowest BCUT2D eigenvalue weighted by atomic mass is 9.99. The summed E-state index contributed by atoms with van der Waals surface area (Å²) in [4.78, 5) is 12.1. The lowest BCUT2D eigenvalue weighted by molar-refractivity contribution is 0.0777. The van der Waals surface area contributed by atoms with E-state index in [1.54, 1.807) is 23.9 Å². The zero-order valence-corrected chi connectivity index (χ0v) is 13.8. The summed E-state index contributed by atoms with van der Waals surface area (Å²) in [5.74, 6) is -0.276. The minimum Gasteiger partial charge on any atom is -0.381 e. The molecular formula is C16H23FN2O2S. The molecule has 1 heterocycles. The molecule has 22 heavy (non-hydrogen) atoms. The van der Waals surface area contributed by atoms with E-state index >= 15 is 0 Å². The lowest BCUT2D eigenvalue weighted by Gasteiger charge is -2.35. The molecule has 0 bridgehead atoms. The van der Waals surface area contributed by atoms with Crippen LogP contribution in [0.4, 0.5) is 9.18 Å². The van der Waals surface area contributed by atoms with Gasteiger partial charge in [0.2, 0.25) is 0 Å². The second-order valence-electron chi connectivity index (χ2n) is 5.60. The number of amides is 2. The lowest BCUT2D eigenvalue weighted by Crippen LogP contribution is -2.47. The smallest absolute Gasteiger partial charge is 0.315 e. The van der Waals surface area contributed by atoms with Crippen molar-refractivity contribution in [2.45, 2.75) is 30.6 Å². The summed E-state index contributed by atoms with van der Waals surface area (Å²) in [6.07, 6.45) is 3.97. The number of benzene rings is 1. The minimum absolute atomic E-state index is 0.0642. The number of hydrogen-bond acceptors (Lipinski definition) is 3. The van der Waals surface area contributed by atoms with Crippen molar-refractivity contribution < 1.29 is 13.9 Å². The van der Waals surface area contributed by atoms with Gasteiger partial charge in [0.05, 0.1) is 6.04 Å². The summed E-state index contributed by atoms with van der Waals surface area (Å²) in [5, 5.41) is 5.84. The Bertz CT molecular complexity index is 489. The Morgan fingerprint density at radius 1 is 1.36 bits per heavy atom. The molecule has 1 aliphatic heterocycles. The van der Waals surface area contributed by atoms with Crippen molar-refractivity contribution in [1.82, 2.24) is 10.6 Å². The van der Waals surface area contributed by atoms with Crippen LogP contribution in [0.25, 0.3) is 0 Å². The number of carbonyl (C=O) groups is 1. The number of urea groups is 1. The van der Waals surface area contributed by atoms with Gasteiger partial charge in [-0.2, -0.15) is 11.8 Å². The first kappa shape index (κ1) is 17.1. The van der Waals surface area contributed by atoms with E-state index in [4.69, 9.17) is 4.74 Å². The maximum Gasteiger partial charge on any atom is 0.315 e. The van der Waals surface area contributed by atoms with Gasteiger partial charge in [-0.3, -0.25) is 0 Å². The van der Waals surface area contributed by atoms with Gasteiger partial charge >= 0.3 is 6.03 Å². The second kappa shape index (κ2) is 7.83. The van der Waals surface area contributed by atoms with Crippen LogP contribution in [0.5, 0.6) is 0 Å². The van der Waals surface area contributed by atoms with Crippen molar-refractivity contribution in [1.29, 1.82) is 0 Å². The van der Waals surface area contributed by atoms with E-state index in [2.05, 4.69) is 16.9 Å². The van der Waals surface area contributed by atoms with E-state index in [0.717, 1.165) is 31.6 Å². The molecule has 0 saturated carbocycles. The van der Waals surface area contributed by atoms with E-state index in [9.17, 15) is 9.18 Å². The highest BCUT2D eigenvalue weighted by molar-refractivity contribution is 8.00. The molecule has 1 fully saturated rings. The van der Waals surface area contributed by atoms with E-state index in [0.29, 0.717) is 6.54 Å². The highest BCUT2D eigenvalue weighted by Crippen LogP contribution is 2.32.